The van der Waals surface area contributed by atoms with Gasteiger partial charge in [-0.25, -0.2) is 9.67 Å². The van der Waals surface area contributed by atoms with E-state index in [4.69, 9.17) is 10.5 Å². The first-order valence-corrected chi connectivity index (χ1v) is 6.30. The second kappa shape index (κ2) is 4.53. The van der Waals surface area contributed by atoms with Crippen LogP contribution >= 0.6 is 0 Å². The molecule has 2 N–H and O–H groups in total. The van der Waals surface area contributed by atoms with Gasteiger partial charge in [-0.2, -0.15) is 0 Å². The molecule has 1 aromatic heterocycles. The molecule has 1 aliphatic heterocycles. The summed E-state index contributed by atoms with van der Waals surface area (Å²) < 4.78 is 7.30. The number of aliphatic imine (C=N–C) groups is 1. The molecule has 0 unspecified atom stereocenters. The minimum Gasteiger partial charge on any atom is -0.440 e. The normalized spacial score (nSPS) is 28.1. The summed E-state index contributed by atoms with van der Waals surface area (Å²) >= 11 is 0. The summed E-state index contributed by atoms with van der Waals surface area (Å²) in [5, 5.41) is 8.28. The molecule has 2 heterocycles. The van der Waals surface area contributed by atoms with Crippen LogP contribution in [0.3, 0.4) is 0 Å². The molecule has 1 fully saturated rings. The summed E-state index contributed by atoms with van der Waals surface area (Å²) in [5.41, 5.74) is 6.58. The maximum atomic E-state index is 5.90. The van der Waals surface area contributed by atoms with E-state index < -0.39 is 0 Å². The van der Waals surface area contributed by atoms with Crippen molar-refractivity contribution in [2.24, 2.45) is 10.7 Å². The van der Waals surface area contributed by atoms with Crippen LogP contribution in [0.4, 0.5) is 0 Å². The number of aromatic nitrogens is 3. The maximum Gasteiger partial charge on any atom is 0.244 e. The fourth-order valence-electron chi connectivity index (χ4n) is 2.41. The highest BCUT2D eigenvalue weighted by Crippen LogP contribution is 2.27. The van der Waals surface area contributed by atoms with E-state index in [1.165, 1.54) is 0 Å². The third-order valence-electron chi connectivity index (χ3n) is 3.48. The molecule has 1 aromatic rings. The van der Waals surface area contributed by atoms with Crippen LogP contribution in [0.25, 0.3) is 0 Å². The average molecular weight is 247 g/mol. The SMILES string of the molecule is C=C1CN=C(c2cn(C3CCC(N)CC3)nn2)O1. The van der Waals surface area contributed by atoms with Crippen molar-refractivity contribution in [1.82, 2.24) is 15.0 Å². The molecule has 96 valence electrons. The molecule has 0 amide bonds. The Labute approximate surface area is 106 Å². The molecule has 0 spiro atoms. The van der Waals surface area contributed by atoms with Crippen LogP contribution < -0.4 is 5.73 Å². The van der Waals surface area contributed by atoms with Crippen LogP contribution in [0.1, 0.15) is 37.4 Å². The van der Waals surface area contributed by atoms with E-state index in [2.05, 4.69) is 21.9 Å². The number of hydrogen-bond acceptors (Lipinski definition) is 5. The van der Waals surface area contributed by atoms with Crippen molar-refractivity contribution in [3.8, 4) is 0 Å². The Balaban J connectivity index is 1.72. The molecule has 1 saturated carbocycles. The molecular formula is C12H17N5O. The second-order valence-corrected chi connectivity index (χ2v) is 4.91. The zero-order chi connectivity index (χ0) is 12.5. The van der Waals surface area contributed by atoms with E-state index in [0.717, 1.165) is 25.7 Å². The van der Waals surface area contributed by atoms with Crippen LogP contribution in [0.2, 0.25) is 0 Å². The number of ether oxygens (including phenoxy) is 1. The molecule has 1 aliphatic carbocycles. The minimum atomic E-state index is 0.343. The fourth-order valence-corrected chi connectivity index (χ4v) is 2.41. The molecular weight excluding hydrogens is 230 g/mol. The third-order valence-corrected chi connectivity index (χ3v) is 3.48. The van der Waals surface area contributed by atoms with Gasteiger partial charge < -0.3 is 10.5 Å². The van der Waals surface area contributed by atoms with E-state index in [0.29, 0.717) is 36.0 Å². The summed E-state index contributed by atoms with van der Waals surface area (Å²) in [5.74, 6) is 1.18. The summed E-state index contributed by atoms with van der Waals surface area (Å²) in [6.07, 6.45) is 6.12. The van der Waals surface area contributed by atoms with Gasteiger partial charge >= 0.3 is 0 Å². The van der Waals surface area contributed by atoms with Crippen LogP contribution in [0, 0.1) is 0 Å². The lowest BCUT2D eigenvalue weighted by molar-refractivity contribution is 0.300. The molecule has 0 radical (unpaired) electrons. The predicted octanol–water partition coefficient (Wildman–Crippen LogP) is 1.01. The van der Waals surface area contributed by atoms with Gasteiger partial charge in [-0.05, 0) is 25.7 Å². The lowest BCUT2D eigenvalue weighted by Gasteiger charge is -2.25. The zero-order valence-electron chi connectivity index (χ0n) is 10.2. The topological polar surface area (TPSA) is 78.3 Å². The van der Waals surface area contributed by atoms with Gasteiger partial charge in [-0.15, -0.1) is 5.10 Å². The average Bonchev–Trinajstić information content (AvgIpc) is 2.98. The van der Waals surface area contributed by atoms with Gasteiger partial charge in [-0.3, -0.25) is 0 Å². The van der Waals surface area contributed by atoms with Crippen LogP contribution in [-0.4, -0.2) is 33.5 Å². The predicted molar refractivity (Wildman–Crippen MR) is 67.1 cm³/mol. The van der Waals surface area contributed by atoms with E-state index in [1.54, 1.807) is 0 Å². The van der Waals surface area contributed by atoms with Gasteiger partial charge in [-0.1, -0.05) is 11.8 Å². The monoisotopic (exact) mass is 247 g/mol. The van der Waals surface area contributed by atoms with Gasteiger partial charge in [0.15, 0.2) is 5.69 Å². The van der Waals surface area contributed by atoms with Crippen LogP contribution in [0.15, 0.2) is 23.5 Å². The number of hydrogen-bond donors (Lipinski definition) is 1. The highest BCUT2D eigenvalue weighted by molar-refractivity contribution is 5.93. The number of rotatable bonds is 2. The van der Waals surface area contributed by atoms with Gasteiger partial charge in [0.05, 0.1) is 12.2 Å². The molecule has 0 atom stereocenters. The molecule has 6 nitrogen and oxygen atoms in total. The van der Waals surface area contributed by atoms with Gasteiger partial charge in [0.2, 0.25) is 5.90 Å². The van der Waals surface area contributed by atoms with Gasteiger partial charge in [0.25, 0.3) is 0 Å². The fraction of sp³-hybridized carbons (Fsp3) is 0.583. The van der Waals surface area contributed by atoms with E-state index >= 15 is 0 Å². The van der Waals surface area contributed by atoms with E-state index in [1.807, 2.05) is 10.9 Å². The third kappa shape index (κ3) is 2.15. The quantitative estimate of drug-likeness (QED) is 0.846. The zero-order valence-corrected chi connectivity index (χ0v) is 10.2. The lowest BCUT2D eigenvalue weighted by Crippen LogP contribution is -2.28. The van der Waals surface area contributed by atoms with Crippen molar-refractivity contribution in [2.45, 2.75) is 37.8 Å². The number of nitrogens with two attached hydrogens (primary N) is 1. The molecule has 3 rings (SSSR count). The van der Waals surface area contributed by atoms with Crippen LogP contribution in [-0.2, 0) is 4.74 Å². The van der Waals surface area contributed by atoms with Crippen molar-refractivity contribution in [2.75, 3.05) is 6.54 Å². The molecule has 6 heteroatoms. The highest BCUT2D eigenvalue weighted by Gasteiger charge is 2.23. The number of nitrogens with zero attached hydrogens (tertiary/aromatic N) is 4. The Hall–Kier alpha value is -1.69. The molecule has 18 heavy (non-hydrogen) atoms. The Morgan fingerprint density at radius 1 is 1.33 bits per heavy atom. The highest BCUT2D eigenvalue weighted by atomic mass is 16.5. The largest absolute Gasteiger partial charge is 0.440 e. The standard InChI is InChI=1S/C12H17N5O/c1-8-6-14-12(18-8)11-7-17(16-15-11)10-4-2-9(13)3-5-10/h7,9-10H,1-6,13H2. The Bertz CT molecular complexity index is 484. The Morgan fingerprint density at radius 2 is 2.11 bits per heavy atom. The maximum absolute atomic E-state index is 5.90. The summed E-state index contributed by atoms with van der Waals surface area (Å²) in [6, 6.07) is 0.742. The Kier molecular flexibility index (Phi) is 2.87. The Morgan fingerprint density at radius 3 is 2.78 bits per heavy atom. The van der Waals surface area contributed by atoms with Crippen molar-refractivity contribution in [1.29, 1.82) is 0 Å². The molecule has 0 bridgehead atoms. The minimum absolute atomic E-state index is 0.343. The van der Waals surface area contributed by atoms with E-state index in [9.17, 15) is 0 Å². The summed E-state index contributed by atoms with van der Waals surface area (Å²) in [4.78, 5) is 4.22. The van der Waals surface area contributed by atoms with Crippen LogP contribution in [0.5, 0.6) is 0 Å². The molecule has 0 saturated heterocycles. The first-order chi connectivity index (χ1) is 8.72. The van der Waals surface area contributed by atoms with Crippen molar-refractivity contribution in [3.63, 3.8) is 0 Å². The smallest absolute Gasteiger partial charge is 0.244 e. The van der Waals surface area contributed by atoms with Gasteiger partial charge in [0.1, 0.15) is 12.3 Å². The van der Waals surface area contributed by atoms with Gasteiger partial charge in [0, 0.05) is 6.04 Å². The second-order valence-electron chi connectivity index (χ2n) is 4.91. The van der Waals surface area contributed by atoms with Crippen molar-refractivity contribution in [3.05, 3.63) is 24.2 Å². The van der Waals surface area contributed by atoms with E-state index in [-0.39, 0.29) is 0 Å². The van der Waals surface area contributed by atoms with Crippen molar-refractivity contribution < 1.29 is 4.74 Å². The summed E-state index contributed by atoms with van der Waals surface area (Å²) in [6.45, 7) is 4.24. The molecule has 2 aliphatic rings. The summed E-state index contributed by atoms with van der Waals surface area (Å²) in [7, 11) is 0. The molecule has 0 aromatic carbocycles. The first kappa shape index (κ1) is 11.4. The van der Waals surface area contributed by atoms with Crippen molar-refractivity contribution >= 4 is 5.90 Å². The first-order valence-electron chi connectivity index (χ1n) is 6.30. The lowest BCUT2D eigenvalue weighted by atomic mass is 9.92.